The molecule has 0 N–H and O–H groups in total. The molecule has 0 atom stereocenters. The van der Waals surface area contributed by atoms with Crippen molar-refractivity contribution in [2.45, 2.75) is 26.2 Å². The Hall–Kier alpha value is -3.85. The van der Waals surface area contributed by atoms with Crippen LogP contribution in [0.2, 0.25) is 0 Å². The van der Waals surface area contributed by atoms with E-state index in [4.69, 9.17) is 15.0 Å². The van der Waals surface area contributed by atoms with Gasteiger partial charge in [-0.05, 0) is 28.0 Å². The minimum absolute atomic E-state index is 0.193. The number of hydrogen-bond acceptors (Lipinski definition) is 3. The predicted molar refractivity (Wildman–Crippen MR) is 132 cm³/mol. The highest BCUT2D eigenvalue weighted by atomic mass is 15.0. The zero-order chi connectivity index (χ0) is 22.1. The minimum atomic E-state index is -0.193. The van der Waals surface area contributed by atoms with E-state index >= 15 is 0 Å². The van der Waals surface area contributed by atoms with Crippen molar-refractivity contribution in [1.82, 2.24) is 15.0 Å². The molecule has 3 heteroatoms. The molecular weight excluding hydrogens is 390 g/mol. The molecule has 5 rings (SSSR count). The lowest BCUT2D eigenvalue weighted by molar-refractivity contribution is 0.543. The Kier molecular flexibility index (Phi) is 5.02. The quantitative estimate of drug-likeness (QED) is 0.310. The van der Waals surface area contributed by atoms with Crippen molar-refractivity contribution in [3.8, 4) is 33.9 Å². The topological polar surface area (TPSA) is 38.7 Å². The van der Waals surface area contributed by atoms with Crippen LogP contribution in [0.5, 0.6) is 0 Å². The van der Waals surface area contributed by atoms with Gasteiger partial charge in [-0.25, -0.2) is 15.0 Å². The van der Waals surface area contributed by atoms with Crippen molar-refractivity contribution in [2.24, 2.45) is 0 Å². The van der Waals surface area contributed by atoms with E-state index in [1.807, 2.05) is 36.4 Å². The van der Waals surface area contributed by atoms with Crippen LogP contribution in [0, 0.1) is 0 Å². The van der Waals surface area contributed by atoms with Gasteiger partial charge in [-0.1, -0.05) is 112 Å². The molecule has 0 saturated heterocycles. The lowest BCUT2D eigenvalue weighted by Gasteiger charge is -2.19. The van der Waals surface area contributed by atoms with Crippen molar-refractivity contribution in [3.63, 3.8) is 0 Å². The van der Waals surface area contributed by atoms with E-state index in [2.05, 4.69) is 81.4 Å². The van der Waals surface area contributed by atoms with Crippen LogP contribution in [0.1, 0.15) is 26.6 Å². The average molecular weight is 416 g/mol. The SMILES string of the molecule is CC(C)(C)c1nc(-c2ccccc2)nc(-c2ccc(-c3ccccc3)c3ccccc23)n1. The van der Waals surface area contributed by atoms with Crippen LogP contribution < -0.4 is 0 Å². The maximum absolute atomic E-state index is 4.93. The van der Waals surface area contributed by atoms with E-state index in [1.54, 1.807) is 0 Å². The van der Waals surface area contributed by atoms with Gasteiger partial charge >= 0.3 is 0 Å². The molecule has 4 aromatic carbocycles. The van der Waals surface area contributed by atoms with Crippen molar-refractivity contribution >= 4 is 10.8 Å². The van der Waals surface area contributed by atoms with Gasteiger partial charge < -0.3 is 0 Å². The molecule has 0 fully saturated rings. The van der Waals surface area contributed by atoms with Gasteiger partial charge in [0.25, 0.3) is 0 Å². The van der Waals surface area contributed by atoms with Crippen LogP contribution in [0.25, 0.3) is 44.7 Å². The number of benzene rings is 4. The zero-order valence-corrected chi connectivity index (χ0v) is 18.6. The number of hydrogen-bond donors (Lipinski definition) is 0. The van der Waals surface area contributed by atoms with Crippen molar-refractivity contribution in [3.05, 3.63) is 103 Å². The fourth-order valence-corrected chi connectivity index (χ4v) is 3.91. The minimum Gasteiger partial charge on any atom is -0.212 e. The second kappa shape index (κ2) is 8.01. The summed E-state index contributed by atoms with van der Waals surface area (Å²) < 4.78 is 0. The molecule has 0 radical (unpaired) electrons. The Bertz CT molecular complexity index is 1390. The van der Waals surface area contributed by atoms with Crippen LogP contribution in [0.15, 0.2) is 97.1 Å². The van der Waals surface area contributed by atoms with E-state index in [0.29, 0.717) is 11.6 Å². The van der Waals surface area contributed by atoms with Gasteiger partial charge in [-0.3, -0.25) is 0 Å². The van der Waals surface area contributed by atoms with Gasteiger partial charge in [0.1, 0.15) is 5.82 Å². The van der Waals surface area contributed by atoms with E-state index in [1.165, 1.54) is 16.5 Å². The van der Waals surface area contributed by atoms with Gasteiger partial charge in [-0.15, -0.1) is 0 Å². The molecule has 156 valence electrons. The van der Waals surface area contributed by atoms with Crippen LogP contribution in [0.3, 0.4) is 0 Å². The third-order valence-electron chi connectivity index (χ3n) is 5.59. The largest absolute Gasteiger partial charge is 0.212 e. The Morgan fingerprint density at radius 3 is 1.59 bits per heavy atom. The van der Waals surface area contributed by atoms with Crippen molar-refractivity contribution < 1.29 is 0 Å². The molecule has 5 aromatic rings. The smallest absolute Gasteiger partial charge is 0.164 e. The van der Waals surface area contributed by atoms with Crippen molar-refractivity contribution in [2.75, 3.05) is 0 Å². The standard InChI is InChI=1S/C29H25N3/c1-29(2,3)28-31-26(21-14-8-5-9-15-21)30-27(32-28)25-19-18-22(20-12-6-4-7-13-20)23-16-10-11-17-24(23)25/h4-19H,1-3H3. The second-order valence-electron chi connectivity index (χ2n) is 8.99. The first-order valence-electron chi connectivity index (χ1n) is 10.9. The first kappa shape index (κ1) is 20.1. The molecular formula is C29H25N3. The van der Waals surface area contributed by atoms with E-state index in [-0.39, 0.29) is 5.41 Å². The van der Waals surface area contributed by atoms with E-state index < -0.39 is 0 Å². The molecule has 0 bridgehead atoms. The molecule has 0 aliphatic rings. The summed E-state index contributed by atoms with van der Waals surface area (Å²) in [5.41, 5.74) is 4.22. The first-order valence-corrected chi connectivity index (χ1v) is 10.9. The first-order chi connectivity index (χ1) is 15.5. The molecule has 32 heavy (non-hydrogen) atoms. The van der Waals surface area contributed by atoms with Crippen LogP contribution in [-0.4, -0.2) is 15.0 Å². The monoisotopic (exact) mass is 415 g/mol. The molecule has 0 saturated carbocycles. The summed E-state index contributed by atoms with van der Waals surface area (Å²) in [6.07, 6.45) is 0. The Labute approximate surface area is 188 Å². The highest BCUT2D eigenvalue weighted by Crippen LogP contribution is 2.35. The summed E-state index contributed by atoms with van der Waals surface area (Å²) in [7, 11) is 0. The third kappa shape index (κ3) is 3.78. The summed E-state index contributed by atoms with van der Waals surface area (Å²) in [5.74, 6) is 2.20. The van der Waals surface area contributed by atoms with Crippen LogP contribution in [0.4, 0.5) is 0 Å². The predicted octanol–water partition coefficient (Wildman–Crippen LogP) is 7.32. The number of aromatic nitrogens is 3. The van der Waals surface area contributed by atoms with Crippen LogP contribution >= 0.6 is 0 Å². The number of rotatable bonds is 3. The van der Waals surface area contributed by atoms with Gasteiger partial charge in [0.15, 0.2) is 11.6 Å². The fraction of sp³-hybridized carbons (Fsp3) is 0.138. The lowest BCUT2D eigenvalue weighted by atomic mass is 9.94. The van der Waals surface area contributed by atoms with E-state index in [9.17, 15) is 0 Å². The third-order valence-corrected chi connectivity index (χ3v) is 5.59. The Morgan fingerprint density at radius 2 is 0.969 bits per heavy atom. The fourth-order valence-electron chi connectivity index (χ4n) is 3.91. The normalized spacial score (nSPS) is 11.6. The highest BCUT2D eigenvalue weighted by Gasteiger charge is 2.22. The summed E-state index contributed by atoms with van der Waals surface area (Å²) in [6, 6.07) is 33.4. The van der Waals surface area contributed by atoms with E-state index in [0.717, 1.165) is 22.3 Å². The molecule has 1 heterocycles. The van der Waals surface area contributed by atoms with Crippen molar-refractivity contribution in [1.29, 1.82) is 0 Å². The zero-order valence-electron chi connectivity index (χ0n) is 18.6. The Morgan fingerprint density at radius 1 is 0.469 bits per heavy atom. The molecule has 0 unspecified atom stereocenters. The summed E-state index contributed by atoms with van der Waals surface area (Å²) >= 11 is 0. The molecule has 0 spiro atoms. The molecule has 0 amide bonds. The maximum atomic E-state index is 4.93. The van der Waals surface area contributed by atoms with Crippen LogP contribution in [-0.2, 0) is 5.41 Å². The lowest BCUT2D eigenvalue weighted by Crippen LogP contribution is -2.18. The number of fused-ring (bicyclic) bond motifs is 1. The second-order valence-corrected chi connectivity index (χ2v) is 8.99. The summed E-state index contributed by atoms with van der Waals surface area (Å²) in [5, 5.41) is 2.33. The summed E-state index contributed by atoms with van der Waals surface area (Å²) in [4.78, 5) is 14.7. The highest BCUT2D eigenvalue weighted by molar-refractivity contribution is 6.04. The maximum Gasteiger partial charge on any atom is 0.164 e. The molecule has 1 aromatic heterocycles. The van der Waals surface area contributed by atoms with Gasteiger partial charge in [0.05, 0.1) is 0 Å². The average Bonchev–Trinajstić information content (AvgIpc) is 2.83. The Balaban J connectivity index is 1.76. The number of nitrogens with zero attached hydrogens (tertiary/aromatic N) is 3. The molecule has 3 nitrogen and oxygen atoms in total. The molecule has 0 aliphatic carbocycles. The van der Waals surface area contributed by atoms with Gasteiger partial charge in [-0.2, -0.15) is 0 Å². The van der Waals surface area contributed by atoms with Gasteiger partial charge in [0.2, 0.25) is 0 Å². The summed E-state index contributed by atoms with van der Waals surface area (Å²) in [6.45, 7) is 6.41. The molecule has 0 aliphatic heterocycles. The van der Waals surface area contributed by atoms with Gasteiger partial charge in [0, 0.05) is 16.5 Å².